The van der Waals surface area contributed by atoms with Gasteiger partial charge in [0.05, 0.1) is 6.42 Å². The predicted molar refractivity (Wildman–Crippen MR) is 69.0 cm³/mol. The molecule has 0 radical (unpaired) electrons. The Hall–Kier alpha value is -1.00. The smallest absolute Gasteiger partial charge is 0.169 e. The van der Waals surface area contributed by atoms with Gasteiger partial charge in [-0.15, -0.1) is 11.3 Å². The molecule has 0 bridgehead atoms. The number of halogens is 1. The molecule has 0 aliphatic carbocycles. The highest BCUT2D eigenvalue weighted by atomic mass is 79.9. The van der Waals surface area contributed by atoms with E-state index in [1.54, 1.807) is 6.20 Å². The highest BCUT2D eigenvalue weighted by Crippen LogP contribution is 2.18. The first-order valence-electron chi connectivity index (χ1n) is 4.84. The lowest BCUT2D eigenvalue weighted by Crippen LogP contribution is -2.05. The number of carbonyl (C=O) groups excluding carboxylic acids is 1. The fourth-order valence-electron chi connectivity index (χ4n) is 1.51. The molecule has 0 aliphatic rings. The summed E-state index contributed by atoms with van der Waals surface area (Å²) in [5, 5.41) is 2.75. The number of aromatic nitrogens is 1. The minimum absolute atomic E-state index is 0.125. The van der Waals surface area contributed by atoms with E-state index in [-0.39, 0.29) is 5.78 Å². The van der Waals surface area contributed by atoms with E-state index in [0.717, 1.165) is 20.6 Å². The van der Waals surface area contributed by atoms with Crippen LogP contribution in [0.25, 0.3) is 0 Å². The monoisotopic (exact) mass is 295 g/mol. The van der Waals surface area contributed by atoms with Gasteiger partial charge >= 0.3 is 0 Å². The number of benzene rings is 1. The van der Waals surface area contributed by atoms with Crippen molar-refractivity contribution in [2.75, 3.05) is 0 Å². The third-order valence-electron chi connectivity index (χ3n) is 2.28. The van der Waals surface area contributed by atoms with E-state index in [1.807, 2.05) is 30.5 Å². The average molecular weight is 296 g/mol. The Morgan fingerprint density at radius 1 is 1.50 bits per heavy atom. The average Bonchev–Trinajstić information content (AvgIpc) is 2.70. The van der Waals surface area contributed by atoms with Crippen molar-refractivity contribution < 1.29 is 4.79 Å². The zero-order valence-electron chi connectivity index (χ0n) is 8.74. The van der Waals surface area contributed by atoms with Crippen molar-refractivity contribution in [2.24, 2.45) is 0 Å². The number of hydrogen-bond acceptors (Lipinski definition) is 3. The molecule has 1 aromatic heterocycles. The first-order chi connectivity index (χ1) is 7.66. The number of carbonyl (C=O) groups is 1. The summed E-state index contributed by atoms with van der Waals surface area (Å²) in [6.07, 6.45) is 2.11. The highest BCUT2D eigenvalue weighted by molar-refractivity contribution is 9.10. The van der Waals surface area contributed by atoms with E-state index in [9.17, 15) is 4.79 Å². The fraction of sp³-hybridized carbons (Fsp3) is 0.167. The van der Waals surface area contributed by atoms with Crippen LogP contribution in [0, 0.1) is 6.92 Å². The summed E-state index contributed by atoms with van der Waals surface area (Å²) in [4.78, 5) is 16.1. The van der Waals surface area contributed by atoms with Crippen molar-refractivity contribution in [2.45, 2.75) is 13.3 Å². The Morgan fingerprint density at radius 3 is 2.94 bits per heavy atom. The molecule has 0 unspecified atom stereocenters. The molecule has 0 spiro atoms. The lowest BCUT2D eigenvalue weighted by atomic mass is 10.0. The summed E-state index contributed by atoms with van der Waals surface area (Å²) in [5.41, 5.74) is 1.77. The molecule has 2 nitrogen and oxygen atoms in total. The Labute approximate surface area is 106 Å². The minimum atomic E-state index is 0.125. The van der Waals surface area contributed by atoms with Crippen LogP contribution in [0.5, 0.6) is 0 Å². The normalized spacial score (nSPS) is 10.4. The van der Waals surface area contributed by atoms with Crippen LogP contribution in [0.15, 0.2) is 34.2 Å². The highest BCUT2D eigenvalue weighted by Gasteiger charge is 2.11. The number of thiazole rings is 1. The van der Waals surface area contributed by atoms with Crippen molar-refractivity contribution in [1.82, 2.24) is 4.98 Å². The Balaban J connectivity index is 2.21. The summed E-state index contributed by atoms with van der Waals surface area (Å²) >= 11 is 4.90. The van der Waals surface area contributed by atoms with Gasteiger partial charge in [-0.3, -0.25) is 4.79 Å². The molecule has 2 rings (SSSR count). The van der Waals surface area contributed by atoms with E-state index in [0.29, 0.717) is 6.42 Å². The standard InChI is InChI=1S/C12H10BrNOS/c1-8-6-9(13)2-3-10(8)11(15)7-12-14-4-5-16-12/h2-6H,7H2,1H3. The van der Waals surface area contributed by atoms with Gasteiger partial charge in [0.25, 0.3) is 0 Å². The van der Waals surface area contributed by atoms with Crippen LogP contribution in [-0.2, 0) is 6.42 Å². The summed E-state index contributed by atoms with van der Waals surface area (Å²) in [6.45, 7) is 1.94. The third kappa shape index (κ3) is 2.57. The van der Waals surface area contributed by atoms with Crippen molar-refractivity contribution in [1.29, 1.82) is 0 Å². The molecule has 82 valence electrons. The Morgan fingerprint density at radius 2 is 2.31 bits per heavy atom. The van der Waals surface area contributed by atoms with E-state index in [2.05, 4.69) is 20.9 Å². The lowest BCUT2D eigenvalue weighted by molar-refractivity contribution is 0.0992. The quantitative estimate of drug-likeness (QED) is 0.809. The van der Waals surface area contributed by atoms with Gasteiger partial charge in [-0.1, -0.05) is 22.0 Å². The summed E-state index contributed by atoms with van der Waals surface area (Å²) in [5.74, 6) is 0.125. The summed E-state index contributed by atoms with van der Waals surface area (Å²) < 4.78 is 0.996. The number of rotatable bonds is 3. The van der Waals surface area contributed by atoms with Gasteiger partial charge in [0.1, 0.15) is 5.01 Å². The summed E-state index contributed by atoms with van der Waals surface area (Å²) in [6, 6.07) is 5.70. The molecule has 0 fully saturated rings. The molecule has 0 saturated heterocycles. The van der Waals surface area contributed by atoms with Crippen LogP contribution < -0.4 is 0 Å². The predicted octanol–water partition coefficient (Wildman–Crippen LogP) is 3.64. The largest absolute Gasteiger partial charge is 0.294 e. The van der Waals surface area contributed by atoms with Gasteiger partial charge in [-0.2, -0.15) is 0 Å². The SMILES string of the molecule is Cc1cc(Br)ccc1C(=O)Cc1nccs1. The van der Waals surface area contributed by atoms with Crippen molar-refractivity contribution in [3.8, 4) is 0 Å². The van der Waals surface area contributed by atoms with Gasteiger partial charge in [-0.25, -0.2) is 4.98 Å². The topological polar surface area (TPSA) is 30.0 Å². The zero-order chi connectivity index (χ0) is 11.5. The minimum Gasteiger partial charge on any atom is -0.294 e. The van der Waals surface area contributed by atoms with Crippen LogP contribution in [0.3, 0.4) is 0 Å². The summed E-state index contributed by atoms with van der Waals surface area (Å²) in [7, 11) is 0. The number of nitrogens with zero attached hydrogens (tertiary/aromatic N) is 1. The molecule has 0 aliphatic heterocycles. The lowest BCUT2D eigenvalue weighted by Gasteiger charge is -2.03. The molecule has 2 aromatic rings. The number of Topliss-reactive ketones (excluding diaryl/α,β-unsaturated/α-hetero) is 1. The van der Waals surface area contributed by atoms with Crippen molar-refractivity contribution in [3.05, 3.63) is 50.4 Å². The molecule has 0 amide bonds. The maximum absolute atomic E-state index is 12.0. The number of ketones is 1. The third-order valence-corrected chi connectivity index (χ3v) is 3.56. The second-order valence-corrected chi connectivity index (χ2v) is 5.38. The van der Waals surface area contributed by atoms with Crippen LogP contribution in [0.4, 0.5) is 0 Å². The van der Waals surface area contributed by atoms with Crippen LogP contribution in [0.2, 0.25) is 0 Å². The molecule has 0 saturated carbocycles. The Bertz CT molecular complexity index is 508. The molecular formula is C12H10BrNOS. The Kier molecular flexibility index (Phi) is 3.51. The van der Waals surface area contributed by atoms with Crippen LogP contribution in [-0.4, -0.2) is 10.8 Å². The first kappa shape index (κ1) is 11.5. The van der Waals surface area contributed by atoms with Crippen LogP contribution >= 0.6 is 27.3 Å². The fourth-order valence-corrected chi connectivity index (χ4v) is 2.60. The molecular weight excluding hydrogens is 286 g/mol. The second-order valence-electron chi connectivity index (χ2n) is 3.49. The molecule has 4 heteroatoms. The van der Waals surface area contributed by atoms with Crippen molar-refractivity contribution >= 4 is 33.0 Å². The number of aryl methyl sites for hydroxylation is 1. The van der Waals surface area contributed by atoms with Gasteiger partial charge in [0.2, 0.25) is 0 Å². The molecule has 1 heterocycles. The van der Waals surface area contributed by atoms with Gasteiger partial charge in [0.15, 0.2) is 5.78 Å². The maximum atomic E-state index is 12.0. The zero-order valence-corrected chi connectivity index (χ0v) is 11.1. The van der Waals surface area contributed by atoms with Gasteiger partial charge in [-0.05, 0) is 24.6 Å². The van der Waals surface area contributed by atoms with E-state index in [1.165, 1.54) is 11.3 Å². The van der Waals surface area contributed by atoms with Gasteiger partial charge < -0.3 is 0 Å². The van der Waals surface area contributed by atoms with E-state index in [4.69, 9.17) is 0 Å². The molecule has 0 atom stereocenters. The molecule has 1 aromatic carbocycles. The van der Waals surface area contributed by atoms with E-state index < -0.39 is 0 Å². The number of hydrogen-bond donors (Lipinski definition) is 0. The maximum Gasteiger partial charge on any atom is 0.169 e. The second kappa shape index (κ2) is 4.89. The van der Waals surface area contributed by atoms with E-state index >= 15 is 0 Å². The van der Waals surface area contributed by atoms with Gasteiger partial charge in [0, 0.05) is 21.6 Å². The molecule has 16 heavy (non-hydrogen) atoms. The first-order valence-corrected chi connectivity index (χ1v) is 6.52. The van der Waals surface area contributed by atoms with Crippen molar-refractivity contribution in [3.63, 3.8) is 0 Å². The molecule has 0 N–H and O–H groups in total. The van der Waals surface area contributed by atoms with Crippen LogP contribution in [0.1, 0.15) is 20.9 Å².